The lowest BCUT2D eigenvalue weighted by atomic mass is 10.1. The molecule has 0 radical (unpaired) electrons. The van der Waals surface area contributed by atoms with Gasteiger partial charge in [-0.25, -0.2) is 0 Å². The fourth-order valence-corrected chi connectivity index (χ4v) is 4.35. The number of thiophene rings is 1. The molecule has 0 fully saturated rings. The number of Topliss-reactive ketones (excluding diaryl/α,β-unsaturated/α-hetero) is 1. The molecule has 0 bridgehead atoms. The molecule has 1 aliphatic rings. The van der Waals surface area contributed by atoms with E-state index in [4.69, 9.17) is 0 Å². The van der Waals surface area contributed by atoms with E-state index in [1.807, 2.05) is 0 Å². The Hall–Kier alpha value is -2.87. The standard InChI is InChI=1S/C17H15N5O2S/c1-10(23)11-4-2-5-12(8-11)19-16(24)15-13-6-3-7-14(13)25-17(15)22-9-18-20-21-22/h2,4-5,8-9H,3,6-7H2,1H3,(H,19,24). The van der Waals surface area contributed by atoms with Gasteiger partial charge in [-0.2, -0.15) is 4.68 Å². The van der Waals surface area contributed by atoms with Gasteiger partial charge in [0.05, 0.1) is 5.56 Å². The molecule has 2 heterocycles. The lowest BCUT2D eigenvalue weighted by Crippen LogP contribution is -2.15. The molecule has 1 aromatic carbocycles. The van der Waals surface area contributed by atoms with E-state index < -0.39 is 0 Å². The van der Waals surface area contributed by atoms with Crippen molar-refractivity contribution >= 4 is 28.7 Å². The van der Waals surface area contributed by atoms with Crippen molar-refractivity contribution in [2.75, 3.05) is 5.32 Å². The van der Waals surface area contributed by atoms with Crippen molar-refractivity contribution in [1.82, 2.24) is 20.2 Å². The van der Waals surface area contributed by atoms with Crippen LogP contribution >= 0.6 is 11.3 Å². The number of hydrogen-bond donors (Lipinski definition) is 1. The molecule has 1 amide bonds. The molecule has 2 aromatic heterocycles. The van der Waals surface area contributed by atoms with Crippen LogP contribution in [0.15, 0.2) is 30.6 Å². The third-order valence-corrected chi connectivity index (χ3v) is 5.50. The fraction of sp³-hybridized carbons (Fsp3) is 0.235. The number of benzene rings is 1. The summed E-state index contributed by atoms with van der Waals surface area (Å²) in [6.45, 7) is 1.50. The number of amides is 1. The molecule has 8 heteroatoms. The first kappa shape index (κ1) is 15.6. The number of aromatic nitrogens is 4. The molecule has 0 spiro atoms. The minimum atomic E-state index is -0.203. The normalized spacial score (nSPS) is 12.8. The topological polar surface area (TPSA) is 89.8 Å². The average Bonchev–Trinajstić information content (AvgIpc) is 3.31. The van der Waals surface area contributed by atoms with Gasteiger partial charge in [0.15, 0.2) is 5.78 Å². The number of nitrogens with zero attached hydrogens (tertiary/aromatic N) is 4. The molecule has 0 saturated carbocycles. The molecule has 1 N–H and O–H groups in total. The molecule has 7 nitrogen and oxygen atoms in total. The maximum Gasteiger partial charge on any atom is 0.259 e. The number of carbonyl (C=O) groups excluding carboxylic acids is 2. The van der Waals surface area contributed by atoms with Crippen molar-refractivity contribution in [2.45, 2.75) is 26.2 Å². The van der Waals surface area contributed by atoms with Crippen LogP contribution < -0.4 is 5.32 Å². The lowest BCUT2D eigenvalue weighted by molar-refractivity contribution is 0.101. The summed E-state index contributed by atoms with van der Waals surface area (Å²) in [5, 5.41) is 14.9. The van der Waals surface area contributed by atoms with Gasteiger partial charge in [-0.15, -0.1) is 16.4 Å². The number of nitrogens with one attached hydrogen (secondary N) is 1. The van der Waals surface area contributed by atoms with E-state index in [1.165, 1.54) is 22.8 Å². The van der Waals surface area contributed by atoms with Crippen LogP contribution in [0.3, 0.4) is 0 Å². The predicted molar refractivity (Wildman–Crippen MR) is 93.5 cm³/mol. The van der Waals surface area contributed by atoms with Crippen LogP contribution in [0.1, 0.15) is 44.5 Å². The summed E-state index contributed by atoms with van der Waals surface area (Å²) >= 11 is 1.56. The quantitative estimate of drug-likeness (QED) is 0.728. The van der Waals surface area contributed by atoms with Crippen LogP contribution in [0.25, 0.3) is 5.00 Å². The second kappa shape index (κ2) is 6.21. The van der Waals surface area contributed by atoms with Crippen LogP contribution in [0.4, 0.5) is 5.69 Å². The van der Waals surface area contributed by atoms with Gasteiger partial charge in [-0.3, -0.25) is 9.59 Å². The largest absolute Gasteiger partial charge is 0.322 e. The van der Waals surface area contributed by atoms with Crippen molar-refractivity contribution in [2.24, 2.45) is 0 Å². The third kappa shape index (κ3) is 2.85. The number of rotatable bonds is 4. The molecule has 3 aromatic rings. The van der Waals surface area contributed by atoms with Crippen LogP contribution in [-0.4, -0.2) is 31.9 Å². The first-order valence-corrected chi connectivity index (χ1v) is 8.75. The van der Waals surface area contributed by atoms with E-state index in [0.717, 1.165) is 29.8 Å². The number of hydrogen-bond acceptors (Lipinski definition) is 6. The highest BCUT2D eigenvalue weighted by atomic mass is 32.1. The molecule has 1 aliphatic carbocycles. The zero-order valence-corrected chi connectivity index (χ0v) is 14.3. The van der Waals surface area contributed by atoms with Gasteiger partial charge in [0.1, 0.15) is 11.3 Å². The van der Waals surface area contributed by atoms with Gasteiger partial charge in [-0.1, -0.05) is 12.1 Å². The third-order valence-electron chi connectivity index (χ3n) is 4.21. The van der Waals surface area contributed by atoms with Gasteiger partial charge in [-0.05, 0) is 54.3 Å². The zero-order valence-electron chi connectivity index (χ0n) is 13.5. The van der Waals surface area contributed by atoms with E-state index in [2.05, 4.69) is 20.8 Å². The highest BCUT2D eigenvalue weighted by Crippen LogP contribution is 2.37. The molecule has 25 heavy (non-hydrogen) atoms. The second-order valence-corrected chi connectivity index (χ2v) is 6.97. The Kier molecular flexibility index (Phi) is 3.89. The minimum Gasteiger partial charge on any atom is -0.322 e. The van der Waals surface area contributed by atoms with Crippen LogP contribution in [-0.2, 0) is 12.8 Å². The van der Waals surface area contributed by atoms with E-state index in [-0.39, 0.29) is 11.7 Å². The number of carbonyl (C=O) groups is 2. The van der Waals surface area contributed by atoms with E-state index >= 15 is 0 Å². The number of ketones is 1. The SMILES string of the molecule is CC(=O)c1cccc(NC(=O)c2c(-n3cnnn3)sc3c2CCC3)c1. The fourth-order valence-electron chi connectivity index (χ4n) is 3.05. The summed E-state index contributed by atoms with van der Waals surface area (Å²) in [6.07, 6.45) is 4.40. The summed E-state index contributed by atoms with van der Waals surface area (Å²) in [7, 11) is 0. The van der Waals surface area contributed by atoms with Crippen LogP contribution in [0, 0.1) is 0 Å². The molecule has 0 saturated heterocycles. The Morgan fingerprint density at radius 2 is 2.16 bits per heavy atom. The molecule has 0 aliphatic heterocycles. The van der Waals surface area contributed by atoms with Gasteiger partial charge in [0.2, 0.25) is 0 Å². The number of anilines is 1. The summed E-state index contributed by atoms with van der Waals surface area (Å²) in [6, 6.07) is 6.94. The van der Waals surface area contributed by atoms with Gasteiger partial charge >= 0.3 is 0 Å². The lowest BCUT2D eigenvalue weighted by Gasteiger charge is -2.09. The Labute approximate surface area is 147 Å². The molecule has 0 unspecified atom stereocenters. The van der Waals surface area contributed by atoms with E-state index in [9.17, 15) is 9.59 Å². The van der Waals surface area contributed by atoms with Crippen molar-refractivity contribution in [3.05, 3.63) is 52.2 Å². The van der Waals surface area contributed by atoms with Gasteiger partial charge in [0.25, 0.3) is 5.91 Å². The van der Waals surface area contributed by atoms with Crippen molar-refractivity contribution in [3.63, 3.8) is 0 Å². The number of aryl methyl sites for hydroxylation is 1. The second-order valence-electron chi connectivity index (χ2n) is 5.88. The highest BCUT2D eigenvalue weighted by molar-refractivity contribution is 7.15. The monoisotopic (exact) mass is 353 g/mol. The van der Waals surface area contributed by atoms with Gasteiger partial charge < -0.3 is 5.32 Å². The summed E-state index contributed by atoms with van der Waals surface area (Å²) < 4.78 is 1.53. The molecule has 4 rings (SSSR count). The molecule has 0 atom stereocenters. The minimum absolute atomic E-state index is 0.0399. The molecular formula is C17H15N5O2S. The number of fused-ring (bicyclic) bond motifs is 1. The van der Waals surface area contributed by atoms with Crippen LogP contribution in [0.2, 0.25) is 0 Å². The number of tetrazole rings is 1. The predicted octanol–water partition coefficient (Wildman–Crippen LogP) is 2.67. The zero-order chi connectivity index (χ0) is 17.4. The Morgan fingerprint density at radius 3 is 2.92 bits per heavy atom. The van der Waals surface area contributed by atoms with E-state index in [0.29, 0.717) is 16.8 Å². The summed E-state index contributed by atoms with van der Waals surface area (Å²) in [5.74, 6) is -0.243. The summed E-state index contributed by atoms with van der Waals surface area (Å²) in [5.41, 5.74) is 2.86. The van der Waals surface area contributed by atoms with Crippen LogP contribution in [0.5, 0.6) is 0 Å². The first-order chi connectivity index (χ1) is 12.1. The smallest absolute Gasteiger partial charge is 0.259 e. The maximum absolute atomic E-state index is 13.0. The Bertz CT molecular complexity index is 962. The van der Waals surface area contributed by atoms with Gasteiger partial charge in [0, 0.05) is 16.1 Å². The average molecular weight is 353 g/mol. The molecule has 126 valence electrons. The Morgan fingerprint density at radius 1 is 1.28 bits per heavy atom. The van der Waals surface area contributed by atoms with Crippen molar-refractivity contribution in [3.8, 4) is 5.00 Å². The first-order valence-electron chi connectivity index (χ1n) is 7.93. The highest BCUT2D eigenvalue weighted by Gasteiger charge is 2.28. The molecular weight excluding hydrogens is 338 g/mol. The summed E-state index contributed by atoms with van der Waals surface area (Å²) in [4.78, 5) is 25.7. The van der Waals surface area contributed by atoms with E-state index in [1.54, 1.807) is 35.6 Å². The van der Waals surface area contributed by atoms with Crippen molar-refractivity contribution < 1.29 is 9.59 Å². The Balaban J connectivity index is 1.71. The van der Waals surface area contributed by atoms with Crippen molar-refractivity contribution in [1.29, 1.82) is 0 Å². The maximum atomic E-state index is 13.0.